The van der Waals surface area contributed by atoms with Crippen LogP contribution < -0.4 is 5.73 Å². The molecule has 0 amide bonds. The molecule has 2 aromatic rings. The predicted octanol–water partition coefficient (Wildman–Crippen LogP) is 4.11. The van der Waals surface area contributed by atoms with E-state index in [1.807, 2.05) is 0 Å². The molecule has 1 atom stereocenters. The Morgan fingerprint density at radius 1 is 1.11 bits per heavy atom. The summed E-state index contributed by atoms with van der Waals surface area (Å²) in [5.41, 5.74) is 6.80. The fraction of sp³-hybridized carbons (Fsp3) is 0.143. The van der Waals surface area contributed by atoms with Gasteiger partial charge in [0.05, 0.1) is 0 Å². The quantitative estimate of drug-likeness (QED) is 0.901. The lowest BCUT2D eigenvalue weighted by molar-refractivity contribution is 0.494. The van der Waals surface area contributed by atoms with E-state index < -0.39 is 17.7 Å². The number of benzene rings is 2. The lowest BCUT2D eigenvalue weighted by atomic mass is 9.99. The molecule has 2 N–H and O–H groups in total. The van der Waals surface area contributed by atoms with Gasteiger partial charge < -0.3 is 5.73 Å². The van der Waals surface area contributed by atoms with Crippen LogP contribution >= 0.6 is 15.9 Å². The summed E-state index contributed by atoms with van der Waals surface area (Å²) < 4.78 is 40.1. The lowest BCUT2D eigenvalue weighted by Gasteiger charge is -2.14. The van der Waals surface area contributed by atoms with Crippen molar-refractivity contribution in [2.24, 2.45) is 5.73 Å². The van der Waals surface area contributed by atoms with Crippen molar-refractivity contribution in [1.29, 1.82) is 0 Å². The van der Waals surface area contributed by atoms with Crippen molar-refractivity contribution >= 4 is 15.9 Å². The molecule has 2 aromatic carbocycles. The Morgan fingerprint density at radius 2 is 1.84 bits per heavy atom. The van der Waals surface area contributed by atoms with Gasteiger partial charge in [-0.1, -0.05) is 34.1 Å². The van der Waals surface area contributed by atoms with Gasteiger partial charge in [0.1, 0.15) is 5.82 Å². The maximum absolute atomic E-state index is 13.5. The largest absolute Gasteiger partial charge is 0.324 e. The Balaban J connectivity index is 2.25. The third-order valence-corrected chi connectivity index (χ3v) is 3.52. The molecule has 1 nitrogen and oxygen atoms in total. The molecule has 0 bridgehead atoms. The number of halogens is 4. The van der Waals surface area contributed by atoms with E-state index in [0.29, 0.717) is 10.0 Å². The van der Waals surface area contributed by atoms with Crippen molar-refractivity contribution in [3.8, 4) is 0 Å². The van der Waals surface area contributed by atoms with Gasteiger partial charge in [-0.05, 0) is 35.7 Å². The molecule has 1 unspecified atom stereocenters. The van der Waals surface area contributed by atoms with E-state index in [4.69, 9.17) is 5.73 Å². The Bertz CT molecular complexity index is 601. The van der Waals surface area contributed by atoms with E-state index >= 15 is 0 Å². The van der Waals surface area contributed by atoms with Crippen LogP contribution in [0.1, 0.15) is 17.2 Å². The third-order valence-electron chi connectivity index (χ3n) is 2.83. The Labute approximate surface area is 117 Å². The van der Waals surface area contributed by atoms with E-state index in [9.17, 15) is 13.2 Å². The van der Waals surface area contributed by atoms with Gasteiger partial charge in [0.2, 0.25) is 0 Å². The smallest absolute Gasteiger partial charge is 0.162 e. The van der Waals surface area contributed by atoms with E-state index in [1.54, 1.807) is 0 Å². The normalized spacial score (nSPS) is 12.5. The summed E-state index contributed by atoms with van der Waals surface area (Å²) in [5.74, 6) is -2.18. The van der Waals surface area contributed by atoms with Gasteiger partial charge in [-0.3, -0.25) is 0 Å². The highest BCUT2D eigenvalue weighted by molar-refractivity contribution is 9.10. The number of hydrogen-bond donors (Lipinski definition) is 1. The first-order valence-electron chi connectivity index (χ1n) is 5.62. The minimum atomic E-state index is -0.900. The van der Waals surface area contributed by atoms with Crippen LogP contribution in [0.3, 0.4) is 0 Å². The van der Waals surface area contributed by atoms with E-state index in [0.717, 1.165) is 6.07 Å². The first kappa shape index (κ1) is 14.1. The van der Waals surface area contributed by atoms with Gasteiger partial charge in [-0.15, -0.1) is 0 Å². The molecule has 0 saturated heterocycles. The molecule has 19 heavy (non-hydrogen) atoms. The molecule has 0 saturated carbocycles. The van der Waals surface area contributed by atoms with Crippen LogP contribution in [0.5, 0.6) is 0 Å². The first-order valence-corrected chi connectivity index (χ1v) is 6.41. The Kier molecular flexibility index (Phi) is 4.27. The molecule has 0 aliphatic carbocycles. The van der Waals surface area contributed by atoms with Crippen LogP contribution in [0.2, 0.25) is 0 Å². The molecule has 0 aliphatic rings. The number of nitrogens with two attached hydrogens (primary N) is 1. The fourth-order valence-electron chi connectivity index (χ4n) is 1.86. The minimum Gasteiger partial charge on any atom is -0.324 e. The SMILES string of the molecule is NC(Cc1cccc(F)c1F)c1ccc(F)cc1Br. The van der Waals surface area contributed by atoms with Crippen molar-refractivity contribution < 1.29 is 13.2 Å². The van der Waals surface area contributed by atoms with Crippen molar-refractivity contribution in [1.82, 2.24) is 0 Å². The highest BCUT2D eigenvalue weighted by Gasteiger charge is 2.15. The topological polar surface area (TPSA) is 26.0 Å². The van der Waals surface area contributed by atoms with Gasteiger partial charge in [-0.25, -0.2) is 13.2 Å². The van der Waals surface area contributed by atoms with Crippen LogP contribution in [0.4, 0.5) is 13.2 Å². The zero-order chi connectivity index (χ0) is 14.0. The molecule has 0 spiro atoms. The van der Waals surface area contributed by atoms with E-state index in [2.05, 4.69) is 15.9 Å². The third kappa shape index (κ3) is 3.16. The molecule has 2 rings (SSSR count). The maximum atomic E-state index is 13.5. The standard InChI is InChI=1S/C14H11BrF3N/c15-11-7-9(16)4-5-10(11)13(19)6-8-2-1-3-12(17)14(8)18/h1-5,7,13H,6,19H2. The molecule has 0 aliphatic heterocycles. The molecular formula is C14H11BrF3N. The molecular weight excluding hydrogens is 319 g/mol. The zero-order valence-corrected chi connectivity index (χ0v) is 11.4. The van der Waals surface area contributed by atoms with Gasteiger partial charge >= 0.3 is 0 Å². The van der Waals surface area contributed by atoms with Crippen LogP contribution in [0.25, 0.3) is 0 Å². The molecule has 100 valence electrons. The monoisotopic (exact) mass is 329 g/mol. The van der Waals surface area contributed by atoms with Gasteiger partial charge in [0.25, 0.3) is 0 Å². The van der Waals surface area contributed by atoms with E-state index in [1.165, 1.54) is 30.3 Å². The summed E-state index contributed by atoms with van der Waals surface area (Å²) in [5, 5.41) is 0. The van der Waals surface area contributed by atoms with Crippen LogP contribution in [-0.4, -0.2) is 0 Å². The summed E-state index contributed by atoms with van der Waals surface area (Å²) in [6.45, 7) is 0. The molecule has 0 fully saturated rings. The highest BCUT2D eigenvalue weighted by Crippen LogP contribution is 2.26. The first-order chi connectivity index (χ1) is 8.99. The van der Waals surface area contributed by atoms with E-state index in [-0.39, 0.29) is 17.8 Å². The summed E-state index contributed by atoms with van der Waals surface area (Å²) in [4.78, 5) is 0. The average molecular weight is 330 g/mol. The number of rotatable bonds is 3. The fourth-order valence-corrected chi connectivity index (χ4v) is 2.50. The summed E-state index contributed by atoms with van der Waals surface area (Å²) in [6, 6.07) is 7.51. The second-order valence-electron chi connectivity index (χ2n) is 4.19. The van der Waals surface area contributed by atoms with Crippen LogP contribution in [0, 0.1) is 17.5 Å². The number of hydrogen-bond acceptors (Lipinski definition) is 1. The zero-order valence-electron chi connectivity index (χ0n) is 9.84. The maximum Gasteiger partial charge on any atom is 0.162 e. The molecule has 0 radical (unpaired) electrons. The summed E-state index contributed by atoms with van der Waals surface area (Å²) in [7, 11) is 0. The summed E-state index contributed by atoms with van der Waals surface area (Å²) >= 11 is 3.21. The summed E-state index contributed by atoms with van der Waals surface area (Å²) in [6.07, 6.45) is 0.133. The minimum absolute atomic E-state index is 0.133. The highest BCUT2D eigenvalue weighted by atomic mass is 79.9. The average Bonchev–Trinajstić information content (AvgIpc) is 2.34. The van der Waals surface area contributed by atoms with Gasteiger partial charge in [-0.2, -0.15) is 0 Å². The second kappa shape index (κ2) is 5.75. The van der Waals surface area contributed by atoms with Crippen molar-refractivity contribution in [3.63, 3.8) is 0 Å². The lowest BCUT2D eigenvalue weighted by Crippen LogP contribution is -2.15. The Hall–Kier alpha value is -1.33. The molecule has 0 heterocycles. The van der Waals surface area contributed by atoms with Crippen LogP contribution in [-0.2, 0) is 6.42 Å². The van der Waals surface area contributed by atoms with Crippen molar-refractivity contribution in [2.45, 2.75) is 12.5 Å². The van der Waals surface area contributed by atoms with Crippen molar-refractivity contribution in [3.05, 3.63) is 69.4 Å². The molecule has 0 aromatic heterocycles. The molecule has 5 heteroatoms. The van der Waals surface area contributed by atoms with Gasteiger partial charge in [0.15, 0.2) is 11.6 Å². The second-order valence-corrected chi connectivity index (χ2v) is 5.04. The van der Waals surface area contributed by atoms with Crippen LogP contribution in [0.15, 0.2) is 40.9 Å². The van der Waals surface area contributed by atoms with Gasteiger partial charge in [0, 0.05) is 10.5 Å². The Morgan fingerprint density at radius 3 is 2.53 bits per heavy atom. The van der Waals surface area contributed by atoms with Crippen molar-refractivity contribution in [2.75, 3.05) is 0 Å². The predicted molar refractivity (Wildman–Crippen MR) is 71.1 cm³/mol.